The predicted molar refractivity (Wildman–Crippen MR) is 155 cm³/mol. The minimum absolute atomic E-state index is 0.189. The Labute approximate surface area is 228 Å². The third-order valence-electron chi connectivity index (χ3n) is 6.46. The van der Waals surface area contributed by atoms with Crippen LogP contribution < -0.4 is 4.74 Å². The smallest absolute Gasteiger partial charge is 0.282 e. The molecule has 2 aliphatic rings. The zero-order valence-electron chi connectivity index (χ0n) is 21.4. The highest BCUT2D eigenvalue weighted by Crippen LogP contribution is 2.31. The van der Waals surface area contributed by atoms with Crippen molar-refractivity contribution >= 4 is 40.8 Å². The number of hydrogen-bond acceptors (Lipinski definition) is 4. The fourth-order valence-corrected chi connectivity index (χ4v) is 4.62. The number of hydrogen-bond donors (Lipinski definition) is 0. The van der Waals surface area contributed by atoms with E-state index in [2.05, 4.69) is 19.1 Å². The second-order valence-corrected chi connectivity index (χ2v) is 9.75. The molecule has 0 saturated heterocycles. The number of amidine groups is 1. The van der Waals surface area contributed by atoms with Crippen LogP contribution in [-0.2, 0) is 11.2 Å². The monoisotopic (exact) mass is 523 g/mol. The third-order valence-corrected chi connectivity index (χ3v) is 6.77. The van der Waals surface area contributed by atoms with E-state index in [1.54, 1.807) is 23.2 Å². The van der Waals surface area contributed by atoms with Crippen LogP contribution in [0.1, 0.15) is 49.3 Å². The van der Waals surface area contributed by atoms with Crippen LogP contribution in [0.25, 0.3) is 11.8 Å². The van der Waals surface area contributed by atoms with Crippen molar-refractivity contribution in [2.24, 2.45) is 9.98 Å². The summed E-state index contributed by atoms with van der Waals surface area (Å²) >= 11 is 6.38. The summed E-state index contributed by atoms with van der Waals surface area (Å²) < 4.78 is 5.94. The van der Waals surface area contributed by atoms with Crippen molar-refractivity contribution < 1.29 is 9.53 Å². The summed E-state index contributed by atoms with van der Waals surface area (Å²) in [5.74, 6) is 0.989. The first-order valence-electron chi connectivity index (χ1n) is 13.1. The van der Waals surface area contributed by atoms with Gasteiger partial charge in [-0.3, -0.25) is 9.69 Å². The maximum atomic E-state index is 13.5. The van der Waals surface area contributed by atoms with Gasteiger partial charge in [-0.15, -0.1) is 0 Å². The first kappa shape index (κ1) is 25.7. The van der Waals surface area contributed by atoms with Crippen molar-refractivity contribution in [3.8, 4) is 5.75 Å². The summed E-state index contributed by atoms with van der Waals surface area (Å²) in [6, 6.07) is 25.5. The molecule has 0 radical (unpaired) electrons. The lowest BCUT2D eigenvalue weighted by atomic mass is 10.1. The number of unbranched alkanes of at least 4 members (excludes halogenated alkanes) is 3. The molecule has 0 bridgehead atoms. The largest absolute Gasteiger partial charge is 0.492 e. The quantitative estimate of drug-likeness (QED) is 0.203. The second kappa shape index (κ2) is 12.1. The number of amides is 1. The van der Waals surface area contributed by atoms with E-state index in [1.165, 1.54) is 12.8 Å². The van der Waals surface area contributed by atoms with Gasteiger partial charge < -0.3 is 4.74 Å². The van der Waals surface area contributed by atoms with Gasteiger partial charge >= 0.3 is 0 Å². The Balaban J connectivity index is 1.44. The molecule has 0 saturated carbocycles. The van der Waals surface area contributed by atoms with Crippen molar-refractivity contribution in [1.29, 1.82) is 0 Å². The van der Waals surface area contributed by atoms with E-state index >= 15 is 0 Å². The van der Waals surface area contributed by atoms with E-state index in [4.69, 9.17) is 26.3 Å². The van der Waals surface area contributed by atoms with Gasteiger partial charge in [0, 0.05) is 18.2 Å². The highest BCUT2D eigenvalue weighted by Gasteiger charge is 2.35. The van der Waals surface area contributed by atoms with E-state index in [0.717, 1.165) is 40.9 Å². The summed E-state index contributed by atoms with van der Waals surface area (Å²) in [7, 11) is 0. The Morgan fingerprint density at radius 3 is 2.45 bits per heavy atom. The van der Waals surface area contributed by atoms with Gasteiger partial charge in [-0.1, -0.05) is 105 Å². The van der Waals surface area contributed by atoms with Gasteiger partial charge in [0.15, 0.2) is 5.84 Å². The topological polar surface area (TPSA) is 54.3 Å². The molecule has 192 valence electrons. The third kappa shape index (κ3) is 5.95. The number of nitrogens with zero attached hydrogens (tertiary/aromatic N) is 3. The van der Waals surface area contributed by atoms with Crippen molar-refractivity contribution in [3.63, 3.8) is 0 Å². The van der Waals surface area contributed by atoms with Crippen LogP contribution >= 0.6 is 11.6 Å². The molecule has 3 aromatic rings. The van der Waals surface area contributed by atoms with Gasteiger partial charge in [-0.2, -0.15) is 0 Å². The number of rotatable bonds is 10. The van der Waals surface area contributed by atoms with Crippen LogP contribution in [0.15, 0.2) is 101 Å². The van der Waals surface area contributed by atoms with Crippen molar-refractivity contribution in [2.75, 3.05) is 6.61 Å². The van der Waals surface area contributed by atoms with Crippen LogP contribution in [0.5, 0.6) is 5.75 Å². The average molecular weight is 524 g/mol. The molecule has 2 heterocycles. The molecule has 38 heavy (non-hydrogen) atoms. The molecule has 0 spiro atoms. The molecule has 0 N–H and O–H groups in total. The molecule has 0 unspecified atom stereocenters. The van der Waals surface area contributed by atoms with Crippen LogP contribution in [0, 0.1) is 0 Å². The van der Waals surface area contributed by atoms with Gasteiger partial charge in [-0.25, -0.2) is 9.98 Å². The fourth-order valence-electron chi connectivity index (χ4n) is 4.44. The maximum absolute atomic E-state index is 13.5. The Kier molecular flexibility index (Phi) is 8.15. The van der Waals surface area contributed by atoms with E-state index in [-0.39, 0.29) is 5.91 Å². The van der Waals surface area contributed by atoms with E-state index in [9.17, 15) is 4.79 Å². The zero-order valence-corrected chi connectivity index (χ0v) is 22.2. The van der Waals surface area contributed by atoms with Crippen molar-refractivity contribution in [2.45, 2.75) is 39.0 Å². The summed E-state index contributed by atoms with van der Waals surface area (Å²) in [5.41, 5.74) is 4.69. The molecular weight excluding hydrogens is 494 g/mol. The molecule has 2 aliphatic heterocycles. The Hall–Kier alpha value is -3.96. The van der Waals surface area contributed by atoms with Gasteiger partial charge in [0.25, 0.3) is 5.91 Å². The van der Waals surface area contributed by atoms with Gasteiger partial charge in [0.1, 0.15) is 11.4 Å². The number of fused-ring (bicyclic) bond motifs is 1. The SMILES string of the molecule is CCCCCCOc1cc(/C=C2\N=C3C(Cc4ccccc4)=NC(c4ccccc4)=CN3C2=O)ccc1Cl. The second-order valence-electron chi connectivity index (χ2n) is 9.34. The first-order chi connectivity index (χ1) is 18.6. The fraction of sp³-hybridized carbons (Fsp3) is 0.219. The molecule has 5 nitrogen and oxygen atoms in total. The number of carbonyl (C=O) groups excluding carboxylic acids is 1. The van der Waals surface area contributed by atoms with Crippen LogP contribution in [0.2, 0.25) is 5.02 Å². The Bertz CT molecular complexity index is 1430. The predicted octanol–water partition coefficient (Wildman–Crippen LogP) is 7.58. The molecule has 0 fully saturated rings. The summed E-state index contributed by atoms with van der Waals surface area (Å²) in [6.45, 7) is 2.80. The van der Waals surface area contributed by atoms with Crippen LogP contribution in [0.4, 0.5) is 0 Å². The summed E-state index contributed by atoms with van der Waals surface area (Å²) in [5, 5.41) is 0.553. The molecular formula is C32H30ClN3O2. The molecule has 0 atom stereocenters. The Morgan fingerprint density at radius 1 is 0.921 bits per heavy atom. The lowest BCUT2D eigenvalue weighted by Crippen LogP contribution is -2.36. The van der Waals surface area contributed by atoms with Crippen LogP contribution in [0.3, 0.4) is 0 Å². The molecule has 0 aliphatic carbocycles. The van der Waals surface area contributed by atoms with Gasteiger partial charge in [-0.05, 0) is 35.8 Å². The number of carbonyl (C=O) groups is 1. The zero-order chi connectivity index (χ0) is 26.3. The van der Waals surface area contributed by atoms with Crippen molar-refractivity contribution in [1.82, 2.24) is 4.90 Å². The average Bonchev–Trinajstić information content (AvgIpc) is 3.26. The van der Waals surface area contributed by atoms with Gasteiger partial charge in [0.05, 0.1) is 23.0 Å². The number of ether oxygens (including phenoxy) is 1. The maximum Gasteiger partial charge on any atom is 0.282 e. The standard InChI is InChI=1S/C32H30ClN3O2/c1-2-3-4-11-18-38-30-21-24(16-17-26(30)33)20-28-32(37)36-22-29(25-14-9-6-10-15-25)34-27(31(36)35-28)19-23-12-7-5-8-13-23/h5-10,12-17,20-22H,2-4,11,18-19H2,1H3/b28-20-. The van der Waals surface area contributed by atoms with Gasteiger partial charge in [0.2, 0.25) is 0 Å². The molecule has 0 aromatic heterocycles. The van der Waals surface area contributed by atoms with E-state index < -0.39 is 0 Å². The van der Waals surface area contributed by atoms with E-state index in [0.29, 0.717) is 35.3 Å². The van der Waals surface area contributed by atoms with Crippen molar-refractivity contribution in [3.05, 3.63) is 112 Å². The normalized spacial score (nSPS) is 15.7. The number of aliphatic imine (C=N–C) groups is 2. The highest BCUT2D eigenvalue weighted by molar-refractivity contribution is 6.48. The molecule has 5 rings (SSSR count). The molecule has 1 amide bonds. The number of halogens is 1. The van der Waals surface area contributed by atoms with Crippen LogP contribution in [-0.4, -0.2) is 29.0 Å². The number of benzene rings is 3. The summed E-state index contributed by atoms with van der Waals surface area (Å²) in [4.78, 5) is 24.8. The highest BCUT2D eigenvalue weighted by atomic mass is 35.5. The first-order valence-corrected chi connectivity index (χ1v) is 13.5. The Morgan fingerprint density at radius 2 is 1.68 bits per heavy atom. The molecule has 6 heteroatoms. The minimum Gasteiger partial charge on any atom is -0.492 e. The van der Waals surface area contributed by atoms with E-state index in [1.807, 2.05) is 60.7 Å². The lowest BCUT2D eigenvalue weighted by Gasteiger charge is -2.21. The lowest BCUT2D eigenvalue weighted by molar-refractivity contribution is -0.120. The summed E-state index contributed by atoms with van der Waals surface area (Å²) in [6.07, 6.45) is 8.61. The minimum atomic E-state index is -0.189. The molecule has 3 aromatic carbocycles.